The molecule has 2 heterocycles. The molecule has 0 unspecified atom stereocenters. The van der Waals surface area contributed by atoms with Crippen molar-refractivity contribution >= 4 is 22.9 Å². The number of amides is 1. The number of alkyl halides is 3. The molecule has 34 heavy (non-hydrogen) atoms. The summed E-state index contributed by atoms with van der Waals surface area (Å²) in [6, 6.07) is 11.8. The Kier molecular flexibility index (Phi) is 8.51. The molecule has 182 valence electrons. The molecular weight excluding hydrogens is 476 g/mol. The van der Waals surface area contributed by atoms with E-state index in [1.54, 1.807) is 18.2 Å². The van der Waals surface area contributed by atoms with Gasteiger partial charge in [0.1, 0.15) is 5.82 Å². The van der Waals surface area contributed by atoms with E-state index in [4.69, 9.17) is 0 Å². The molecule has 1 aliphatic heterocycles. The van der Waals surface area contributed by atoms with Gasteiger partial charge in [0.2, 0.25) is 12.3 Å². The zero-order valence-corrected chi connectivity index (χ0v) is 19.0. The summed E-state index contributed by atoms with van der Waals surface area (Å²) in [6.45, 7) is 2.17. The average molecular weight is 499 g/mol. The summed E-state index contributed by atoms with van der Waals surface area (Å²) in [4.78, 5) is 14.8. The number of hydrogen-bond donors (Lipinski definition) is 0. The van der Waals surface area contributed by atoms with Crippen molar-refractivity contribution in [2.24, 2.45) is 0 Å². The maximum absolute atomic E-state index is 13.3. The Bertz CT molecular complexity index is 1110. The number of hydrogen-bond acceptors (Lipinski definition) is 6. The normalized spacial score (nSPS) is 14.9. The summed E-state index contributed by atoms with van der Waals surface area (Å²) in [7, 11) is 1.56. The van der Waals surface area contributed by atoms with Gasteiger partial charge in [-0.05, 0) is 42.9 Å². The minimum Gasteiger partial charge on any atom is -0.413 e. The minimum atomic E-state index is -4.71. The van der Waals surface area contributed by atoms with E-state index < -0.39 is 28.7 Å². The van der Waals surface area contributed by atoms with Crippen molar-refractivity contribution in [3.8, 4) is 11.5 Å². The number of aromatic nitrogens is 2. The number of carbonyl (C=O) groups excluding carboxylic acids is 1. The zero-order chi connectivity index (χ0) is 24.7. The fraction of sp³-hybridized carbons (Fsp3) is 0.318. The molecule has 0 spiro atoms. The predicted molar refractivity (Wildman–Crippen MR) is 119 cm³/mol. The predicted octanol–water partition coefficient (Wildman–Crippen LogP) is 3.74. The molecule has 0 atom stereocenters. The van der Waals surface area contributed by atoms with Gasteiger partial charge in [-0.15, -0.1) is 10.2 Å². The molecular formula is C22H22F4N4O3S. The van der Waals surface area contributed by atoms with E-state index >= 15 is 0 Å². The van der Waals surface area contributed by atoms with Gasteiger partial charge >= 0.3 is 12.1 Å². The van der Waals surface area contributed by atoms with Crippen LogP contribution in [0.2, 0.25) is 0 Å². The first kappa shape index (κ1) is 25.5. The largest absolute Gasteiger partial charge is 0.470 e. The van der Waals surface area contributed by atoms with Gasteiger partial charge in [-0.1, -0.05) is 18.2 Å². The molecule has 2 aromatic carbocycles. The molecule has 0 aliphatic carbocycles. The lowest BCUT2D eigenvalue weighted by Crippen LogP contribution is -2.34. The quantitative estimate of drug-likeness (QED) is 0.394. The Balaban J connectivity index is 0.000000343. The highest BCUT2D eigenvalue weighted by molar-refractivity contribution is 7.85. The van der Waals surface area contributed by atoms with Gasteiger partial charge < -0.3 is 14.2 Å². The molecule has 4 rings (SSSR count). The molecule has 7 nitrogen and oxygen atoms in total. The molecule has 0 N–H and O–H groups in total. The number of anilines is 1. The molecule has 1 saturated heterocycles. The first-order valence-electron chi connectivity index (χ1n) is 10.2. The molecule has 0 saturated carbocycles. The van der Waals surface area contributed by atoms with Gasteiger partial charge in [0, 0.05) is 46.6 Å². The summed E-state index contributed by atoms with van der Waals surface area (Å²) in [6.07, 6.45) is -4.14. The van der Waals surface area contributed by atoms with Gasteiger partial charge in [0.15, 0.2) is 0 Å². The number of rotatable bonds is 5. The Morgan fingerprint density at radius 1 is 1.12 bits per heavy atom. The van der Waals surface area contributed by atoms with E-state index in [-0.39, 0.29) is 12.4 Å². The van der Waals surface area contributed by atoms with Crippen LogP contribution in [0.15, 0.2) is 52.9 Å². The van der Waals surface area contributed by atoms with Crippen LogP contribution in [-0.4, -0.2) is 57.4 Å². The Morgan fingerprint density at radius 3 is 2.32 bits per heavy atom. The number of nitrogens with zero attached hydrogens (tertiary/aromatic N) is 4. The second-order valence-corrected chi connectivity index (χ2v) is 9.17. The van der Waals surface area contributed by atoms with E-state index in [2.05, 4.69) is 26.6 Å². The molecule has 1 fully saturated rings. The van der Waals surface area contributed by atoms with Crippen molar-refractivity contribution in [3.05, 3.63) is 65.8 Å². The van der Waals surface area contributed by atoms with E-state index in [1.807, 2.05) is 0 Å². The van der Waals surface area contributed by atoms with Gasteiger partial charge in [-0.25, -0.2) is 4.39 Å². The lowest BCUT2D eigenvalue weighted by molar-refractivity contribution is -0.156. The third-order valence-electron chi connectivity index (χ3n) is 4.89. The fourth-order valence-electron chi connectivity index (χ4n) is 2.98. The SMILES string of the molecule is CN1CCS(=O)CC1.O=CN(Cc1ccc(-c2nnc(C(F)(F)F)o2)cc1)c1cccc(F)c1. The summed E-state index contributed by atoms with van der Waals surface area (Å²) in [5.41, 5.74) is 1.37. The van der Waals surface area contributed by atoms with Crippen LogP contribution in [0.4, 0.5) is 23.2 Å². The number of carbonyl (C=O) groups is 1. The van der Waals surface area contributed by atoms with E-state index in [9.17, 15) is 26.6 Å². The van der Waals surface area contributed by atoms with Gasteiger partial charge in [0.05, 0.1) is 6.54 Å². The third kappa shape index (κ3) is 7.19. The monoisotopic (exact) mass is 498 g/mol. The summed E-state index contributed by atoms with van der Waals surface area (Å²) >= 11 is 0. The Hall–Kier alpha value is -3.12. The molecule has 0 bridgehead atoms. The zero-order valence-electron chi connectivity index (χ0n) is 18.2. The van der Waals surface area contributed by atoms with Crippen molar-refractivity contribution in [3.63, 3.8) is 0 Å². The van der Waals surface area contributed by atoms with Crippen molar-refractivity contribution in [2.45, 2.75) is 12.7 Å². The van der Waals surface area contributed by atoms with Crippen LogP contribution in [0.1, 0.15) is 11.5 Å². The lowest BCUT2D eigenvalue weighted by atomic mass is 10.1. The van der Waals surface area contributed by atoms with Gasteiger partial charge in [-0.2, -0.15) is 13.2 Å². The molecule has 12 heteroatoms. The number of benzene rings is 2. The smallest absolute Gasteiger partial charge is 0.413 e. The van der Waals surface area contributed by atoms with Crippen LogP contribution < -0.4 is 4.90 Å². The first-order valence-corrected chi connectivity index (χ1v) is 11.7. The molecule has 1 amide bonds. The Morgan fingerprint density at radius 2 is 1.79 bits per heavy atom. The van der Waals surface area contributed by atoms with E-state index in [0.717, 1.165) is 24.6 Å². The highest BCUT2D eigenvalue weighted by atomic mass is 32.2. The van der Waals surface area contributed by atoms with Crippen LogP contribution in [0.25, 0.3) is 11.5 Å². The third-order valence-corrected chi connectivity index (χ3v) is 6.17. The summed E-state index contributed by atoms with van der Waals surface area (Å²) < 4.78 is 66.1. The highest BCUT2D eigenvalue weighted by Crippen LogP contribution is 2.30. The summed E-state index contributed by atoms with van der Waals surface area (Å²) in [5, 5.41) is 6.34. The van der Waals surface area contributed by atoms with Crippen molar-refractivity contribution in [1.29, 1.82) is 0 Å². The molecule has 1 aliphatic rings. The van der Waals surface area contributed by atoms with Crippen molar-refractivity contribution < 1.29 is 31.0 Å². The van der Waals surface area contributed by atoms with Crippen LogP contribution in [0, 0.1) is 5.82 Å². The Labute approximate surface area is 195 Å². The van der Waals surface area contributed by atoms with Crippen LogP contribution >= 0.6 is 0 Å². The van der Waals surface area contributed by atoms with Crippen LogP contribution in [0.3, 0.4) is 0 Å². The van der Waals surface area contributed by atoms with Gasteiger partial charge in [-0.3, -0.25) is 9.00 Å². The van der Waals surface area contributed by atoms with E-state index in [0.29, 0.717) is 23.2 Å². The maximum Gasteiger partial charge on any atom is 0.470 e. The second-order valence-electron chi connectivity index (χ2n) is 7.47. The standard InChI is InChI=1S/C17H11F4N3O2.C5H11NOS/c18-13-2-1-3-14(8-13)24(10-25)9-11-4-6-12(7-5-11)15-22-23-16(26-15)17(19,20)21;1-6-2-4-8(7)5-3-6/h1-8,10H,9H2;2-5H2,1H3. The van der Waals surface area contributed by atoms with Crippen molar-refractivity contribution in [1.82, 2.24) is 15.1 Å². The number of halogens is 4. The van der Waals surface area contributed by atoms with Gasteiger partial charge in [0.25, 0.3) is 0 Å². The first-order chi connectivity index (χ1) is 16.2. The lowest BCUT2D eigenvalue weighted by Gasteiger charge is -2.20. The topological polar surface area (TPSA) is 79.5 Å². The molecule has 1 aromatic heterocycles. The molecule has 0 radical (unpaired) electrons. The maximum atomic E-state index is 13.3. The van der Waals surface area contributed by atoms with E-state index in [1.165, 1.54) is 35.2 Å². The van der Waals surface area contributed by atoms with Crippen LogP contribution in [-0.2, 0) is 28.3 Å². The molecule has 3 aromatic rings. The highest BCUT2D eigenvalue weighted by Gasteiger charge is 2.38. The van der Waals surface area contributed by atoms with Crippen molar-refractivity contribution in [2.75, 3.05) is 36.5 Å². The minimum absolute atomic E-state index is 0.158. The fourth-order valence-corrected chi connectivity index (χ4v) is 4.21. The van der Waals surface area contributed by atoms with Crippen LogP contribution in [0.5, 0.6) is 0 Å². The second kappa shape index (κ2) is 11.3. The average Bonchev–Trinajstić information content (AvgIpc) is 3.31. The summed E-state index contributed by atoms with van der Waals surface area (Å²) in [5.74, 6) is -0.412.